The molecule has 0 saturated carbocycles. The van der Waals surface area contributed by atoms with E-state index in [0.29, 0.717) is 35.3 Å². The number of nitrogens with two attached hydrogens (primary N) is 1. The Kier molecular flexibility index (Phi) is 5.15. The summed E-state index contributed by atoms with van der Waals surface area (Å²) in [6.07, 6.45) is 4.66. The van der Waals surface area contributed by atoms with Crippen LogP contribution in [0.1, 0.15) is 5.56 Å². The van der Waals surface area contributed by atoms with Gasteiger partial charge in [-0.25, -0.2) is 9.67 Å². The molecule has 4 aromatic rings. The Morgan fingerprint density at radius 2 is 1.79 bits per heavy atom. The van der Waals surface area contributed by atoms with Gasteiger partial charge < -0.3 is 20.5 Å². The summed E-state index contributed by atoms with van der Waals surface area (Å²) in [5, 5.41) is 8.36. The van der Waals surface area contributed by atoms with Crippen molar-refractivity contribution in [3.63, 3.8) is 0 Å². The van der Waals surface area contributed by atoms with E-state index in [2.05, 4.69) is 20.4 Å². The molecule has 0 spiro atoms. The average molecular weight is 390 g/mol. The number of rotatable bonds is 7. The number of hydrogen-bond donors (Lipinski definition) is 2. The molecule has 8 nitrogen and oxygen atoms in total. The quantitative estimate of drug-likeness (QED) is 0.500. The van der Waals surface area contributed by atoms with Crippen LogP contribution < -0.4 is 20.5 Å². The van der Waals surface area contributed by atoms with Crippen molar-refractivity contribution >= 4 is 22.7 Å². The Morgan fingerprint density at radius 3 is 2.55 bits per heavy atom. The molecule has 29 heavy (non-hydrogen) atoms. The van der Waals surface area contributed by atoms with E-state index < -0.39 is 0 Å². The molecular formula is C21H22N6O2. The predicted octanol–water partition coefficient (Wildman–Crippen LogP) is 3.07. The van der Waals surface area contributed by atoms with E-state index in [0.717, 1.165) is 23.1 Å². The van der Waals surface area contributed by atoms with Crippen LogP contribution in [-0.4, -0.2) is 40.5 Å². The van der Waals surface area contributed by atoms with Crippen molar-refractivity contribution in [2.45, 2.75) is 6.42 Å². The van der Waals surface area contributed by atoms with Gasteiger partial charge in [0, 0.05) is 24.2 Å². The number of para-hydroxylation sites is 1. The largest absolute Gasteiger partial charge is 0.493 e. The van der Waals surface area contributed by atoms with Crippen LogP contribution in [0.2, 0.25) is 0 Å². The zero-order valence-corrected chi connectivity index (χ0v) is 16.3. The minimum Gasteiger partial charge on any atom is -0.493 e. The third kappa shape index (κ3) is 3.91. The van der Waals surface area contributed by atoms with E-state index in [4.69, 9.17) is 15.2 Å². The summed E-state index contributed by atoms with van der Waals surface area (Å²) in [5.41, 5.74) is 8.95. The van der Waals surface area contributed by atoms with Gasteiger partial charge in [-0.2, -0.15) is 10.1 Å². The monoisotopic (exact) mass is 390 g/mol. The van der Waals surface area contributed by atoms with E-state index in [9.17, 15) is 0 Å². The van der Waals surface area contributed by atoms with E-state index in [-0.39, 0.29) is 0 Å². The molecule has 0 aliphatic carbocycles. The van der Waals surface area contributed by atoms with Gasteiger partial charge >= 0.3 is 0 Å². The van der Waals surface area contributed by atoms with Crippen LogP contribution in [0, 0.1) is 0 Å². The van der Waals surface area contributed by atoms with Crippen LogP contribution in [-0.2, 0) is 6.42 Å². The summed E-state index contributed by atoms with van der Waals surface area (Å²) in [6.45, 7) is 0.652. The van der Waals surface area contributed by atoms with Crippen LogP contribution in [0.15, 0.2) is 54.9 Å². The minimum absolute atomic E-state index is 0.385. The molecule has 8 heteroatoms. The molecule has 2 aromatic carbocycles. The Balaban J connectivity index is 1.47. The van der Waals surface area contributed by atoms with Crippen molar-refractivity contribution in [1.29, 1.82) is 0 Å². The third-order valence-electron chi connectivity index (χ3n) is 4.58. The predicted molar refractivity (Wildman–Crippen MR) is 113 cm³/mol. The number of ether oxygens (including phenoxy) is 2. The van der Waals surface area contributed by atoms with Crippen LogP contribution >= 0.6 is 0 Å². The first-order valence-corrected chi connectivity index (χ1v) is 9.20. The molecule has 3 N–H and O–H groups in total. The highest BCUT2D eigenvalue weighted by molar-refractivity contribution is 5.91. The molecule has 0 radical (unpaired) electrons. The Bertz CT molecular complexity index is 1130. The number of anilines is 2. The van der Waals surface area contributed by atoms with E-state index in [1.165, 1.54) is 0 Å². The zero-order valence-electron chi connectivity index (χ0n) is 16.3. The number of nitrogens with one attached hydrogen (secondary N) is 1. The summed E-state index contributed by atoms with van der Waals surface area (Å²) in [6, 6.07) is 13.6. The number of benzene rings is 2. The average Bonchev–Trinajstić information content (AvgIpc) is 3.22. The summed E-state index contributed by atoms with van der Waals surface area (Å²) >= 11 is 0. The summed E-state index contributed by atoms with van der Waals surface area (Å²) < 4.78 is 12.5. The maximum atomic E-state index is 6.12. The van der Waals surface area contributed by atoms with Crippen molar-refractivity contribution in [3.05, 3.63) is 60.4 Å². The Labute approximate surface area is 168 Å². The first kappa shape index (κ1) is 18.5. The Morgan fingerprint density at radius 1 is 1.03 bits per heavy atom. The summed E-state index contributed by atoms with van der Waals surface area (Å²) in [7, 11) is 3.17. The van der Waals surface area contributed by atoms with Crippen LogP contribution in [0.5, 0.6) is 11.5 Å². The standard InChI is InChI=1S/C21H22N6O2/c1-28-18-10-16-17(11-19(18)29-2)25-21(26-20(16)22)23-9-8-14-12-24-27(13-14)15-6-4-3-5-7-15/h3-7,10-13H,8-9H2,1-2H3,(H3,22,23,25,26). The molecule has 0 atom stereocenters. The molecule has 148 valence electrons. The highest BCUT2D eigenvalue weighted by atomic mass is 16.5. The number of nitrogens with zero attached hydrogens (tertiary/aromatic N) is 4. The van der Waals surface area contributed by atoms with Gasteiger partial charge in [0.2, 0.25) is 5.95 Å². The maximum Gasteiger partial charge on any atom is 0.225 e. The lowest BCUT2D eigenvalue weighted by atomic mass is 10.2. The van der Waals surface area contributed by atoms with Gasteiger partial charge in [0.05, 0.1) is 31.6 Å². The number of methoxy groups -OCH3 is 2. The van der Waals surface area contributed by atoms with Crippen LogP contribution in [0.25, 0.3) is 16.6 Å². The lowest BCUT2D eigenvalue weighted by Crippen LogP contribution is -2.09. The fraction of sp³-hybridized carbons (Fsp3) is 0.190. The van der Waals surface area contributed by atoms with Gasteiger partial charge in [0.25, 0.3) is 0 Å². The second-order valence-electron chi connectivity index (χ2n) is 6.46. The van der Waals surface area contributed by atoms with Gasteiger partial charge in [0.1, 0.15) is 5.82 Å². The highest BCUT2D eigenvalue weighted by Gasteiger charge is 2.11. The van der Waals surface area contributed by atoms with Gasteiger partial charge in [-0.3, -0.25) is 0 Å². The van der Waals surface area contributed by atoms with E-state index in [1.54, 1.807) is 26.4 Å². The van der Waals surface area contributed by atoms with Crippen LogP contribution in [0.3, 0.4) is 0 Å². The Hall–Kier alpha value is -3.81. The second kappa shape index (κ2) is 8.05. The molecule has 4 rings (SSSR count). The molecule has 0 fully saturated rings. The first-order valence-electron chi connectivity index (χ1n) is 9.20. The molecule has 0 unspecified atom stereocenters. The number of nitrogen functional groups attached to an aromatic ring is 1. The molecule has 2 aromatic heterocycles. The highest BCUT2D eigenvalue weighted by Crippen LogP contribution is 2.33. The molecule has 0 aliphatic heterocycles. The lowest BCUT2D eigenvalue weighted by Gasteiger charge is -2.11. The molecule has 2 heterocycles. The molecule has 0 bridgehead atoms. The minimum atomic E-state index is 0.385. The van der Waals surface area contributed by atoms with Crippen LogP contribution in [0.4, 0.5) is 11.8 Å². The van der Waals surface area contributed by atoms with Gasteiger partial charge in [-0.1, -0.05) is 18.2 Å². The smallest absolute Gasteiger partial charge is 0.225 e. The van der Waals surface area contributed by atoms with E-state index >= 15 is 0 Å². The fourth-order valence-electron chi connectivity index (χ4n) is 3.09. The second-order valence-corrected chi connectivity index (χ2v) is 6.46. The summed E-state index contributed by atoms with van der Waals surface area (Å²) in [4.78, 5) is 8.90. The SMILES string of the molecule is COc1cc2nc(NCCc3cnn(-c4ccccc4)c3)nc(N)c2cc1OC. The fourth-order valence-corrected chi connectivity index (χ4v) is 3.09. The number of hydrogen-bond acceptors (Lipinski definition) is 7. The van der Waals surface area contributed by atoms with Crippen molar-refractivity contribution in [2.24, 2.45) is 0 Å². The maximum absolute atomic E-state index is 6.12. The summed E-state index contributed by atoms with van der Waals surface area (Å²) in [5.74, 6) is 2.04. The number of aromatic nitrogens is 4. The van der Waals surface area contributed by atoms with Crippen molar-refractivity contribution in [1.82, 2.24) is 19.7 Å². The van der Waals surface area contributed by atoms with Crippen molar-refractivity contribution in [3.8, 4) is 17.2 Å². The van der Waals surface area contributed by atoms with Crippen molar-refractivity contribution in [2.75, 3.05) is 31.8 Å². The molecule has 0 aliphatic rings. The van der Waals surface area contributed by atoms with Gasteiger partial charge in [-0.15, -0.1) is 0 Å². The third-order valence-corrected chi connectivity index (χ3v) is 4.58. The van der Waals surface area contributed by atoms with E-state index in [1.807, 2.05) is 47.4 Å². The zero-order chi connectivity index (χ0) is 20.2. The van der Waals surface area contributed by atoms with Crippen molar-refractivity contribution < 1.29 is 9.47 Å². The van der Waals surface area contributed by atoms with Gasteiger partial charge in [0.15, 0.2) is 11.5 Å². The van der Waals surface area contributed by atoms with Gasteiger partial charge in [-0.05, 0) is 30.2 Å². The molecular weight excluding hydrogens is 368 g/mol. The molecule has 0 saturated heterocycles. The number of fused-ring (bicyclic) bond motifs is 1. The topological polar surface area (TPSA) is 100 Å². The first-order chi connectivity index (χ1) is 14.2. The lowest BCUT2D eigenvalue weighted by molar-refractivity contribution is 0.356. The normalized spacial score (nSPS) is 10.8. The molecule has 0 amide bonds.